The zero-order valence-corrected chi connectivity index (χ0v) is 18.2. The second-order valence-electron chi connectivity index (χ2n) is 6.92. The minimum Gasteiger partial charge on any atom is -0.355 e. The summed E-state index contributed by atoms with van der Waals surface area (Å²) in [6.07, 6.45) is 4.58. The lowest BCUT2D eigenvalue weighted by Gasteiger charge is -2.35. The first-order valence-electron chi connectivity index (χ1n) is 9.14. The van der Waals surface area contributed by atoms with Crippen LogP contribution in [0.4, 0.5) is 0 Å². The second-order valence-corrected chi connectivity index (χ2v) is 6.92. The predicted octanol–water partition coefficient (Wildman–Crippen LogP) is 2.13. The van der Waals surface area contributed by atoms with E-state index in [0.29, 0.717) is 12.6 Å². The van der Waals surface area contributed by atoms with Gasteiger partial charge in [-0.3, -0.25) is 14.3 Å². The van der Waals surface area contributed by atoms with Crippen LogP contribution in [0.3, 0.4) is 0 Å². The number of rotatable bonds is 5. The van der Waals surface area contributed by atoms with E-state index < -0.39 is 0 Å². The fraction of sp³-hybridized carbons (Fsp3) is 0.611. The standard InChI is InChI=1S/C18H29N7.HI/c1-14-7-10-24(11-8-14)15(2)12-20-18(19-3)21-13-17-23-22-16-6-4-5-9-25(16)17;/h4-6,9,14-15H,7-8,10-13H2,1-3H3,(H2,19,20,21);1H. The van der Waals surface area contributed by atoms with Gasteiger partial charge >= 0.3 is 0 Å². The number of aliphatic imine (C=N–C) groups is 1. The maximum absolute atomic E-state index is 4.32. The topological polar surface area (TPSA) is 69.8 Å². The number of likely N-dealkylation sites (tertiary alicyclic amines) is 1. The first-order chi connectivity index (χ1) is 12.2. The van der Waals surface area contributed by atoms with Crippen LogP contribution in [0, 0.1) is 5.92 Å². The molecule has 0 aliphatic carbocycles. The van der Waals surface area contributed by atoms with Gasteiger partial charge in [0.25, 0.3) is 0 Å². The Labute approximate surface area is 172 Å². The van der Waals surface area contributed by atoms with Crippen LogP contribution in [0.15, 0.2) is 29.4 Å². The van der Waals surface area contributed by atoms with Crippen LogP contribution in [-0.2, 0) is 6.54 Å². The minimum absolute atomic E-state index is 0. The van der Waals surface area contributed by atoms with Gasteiger partial charge in [-0.15, -0.1) is 34.2 Å². The summed E-state index contributed by atoms with van der Waals surface area (Å²) in [7, 11) is 1.80. The fourth-order valence-corrected chi connectivity index (χ4v) is 3.24. The number of guanidine groups is 1. The molecule has 2 aromatic heterocycles. The van der Waals surface area contributed by atoms with Crippen molar-refractivity contribution in [3.63, 3.8) is 0 Å². The van der Waals surface area contributed by atoms with Crippen molar-refractivity contribution in [2.24, 2.45) is 10.9 Å². The van der Waals surface area contributed by atoms with Crippen LogP contribution in [0.1, 0.15) is 32.5 Å². The highest BCUT2D eigenvalue weighted by molar-refractivity contribution is 14.0. The van der Waals surface area contributed by atoms with Crippen LogP contribution in [0.2, 0.25) is 0 Å². The van der Waals surface area contributed by atoms with E-state index in [1.54, 1.807) is 7.05 Å². The van der Waals surface area contributed by atoms with E-state index >= 15 is 0 Å². The molecule has 1 unspecified atom stereocenters. The van der Waals surface area contributed by atoms with Gasteiger partial charge in [0.2, 0.25) is 0 Å². The number of halogens is 1. The molecule has 0 spiro atoms. The first kappa shape index (κ1) is 20.9. The summed E-state index contributed by atoms with van der Waals surface area (Å²) >= 11 is 0. The molecule has 26 heavy (non-hydrogen) atoms. The number of hydrogen-bond donors (Lipinski definition) is 2. The third-order valence-electron chi connectivity index (χ3n) is 5.03. The van der Waals surface area contributed by atoms with Gasteiger partial charge in [0.1, 0.15) is 0 Å². The molecular weight excluding hydrogens is 441 g/mol. The summed E-state index contributed by atoms with van der Waals surface area (Å²) in [5.74, 6) is 2.53. The molecule has 3 heterocycles. The second kappa shape index (κ2) is 10.1. The van der Waals surface area contributed by atoms with Gasteiger partial charge in [-0.05, 0) is 50.9 Å². The van der Waals surface area contributed by atoms with Gasteiger partial charge in [0, 0.05) is 25.8 Å². The van der Waals surface area contributed by atoms with Gasteiger partial charge < -0.3 is 10.6 Å². The molecule has 1 aliphatic heterocycles. The lowest BCUT2D eigenvalue weighted by Crippen LogP contribution is -2.48. The molecule has 1 fully saturated rings. The lowest BCUT2D eigenvalue weighted by atomic mass is 9.98. The van der Waals surface area contributed by atoms with Gasteiger partial charge in [-0.2, -0.15) is 0 Å². The zero-order valence-electron chi connectivity index (χ0n) is 15.9. The Morgan fingerprint density at radius 1 is 1.27 bits per heavy atom. The van der Waals surface area contributed by atoms with Crippen molar-refractivity contribution in [1.82, 2.24) is 30.1 Å². The largest absolute Gasteiger partial charge is 0.355 e. The number of nitrogens with zero attached hydrogens (tertiary/aromatic N) is 5. The van der Waals surface area contributed by atoms with E-state index in [1.165, 1.54) is 25.9 Å². The van der Waals surface area contributed by atoms with Crippen LogP contribution in [0.25, 0.3) is 5.65 Å². The number of aromatic nitrogens is 3. The van der Waals surface area contributed by atoms with E-state index in [2.05, 4.69) is 44.6 Å². The van der Waals surface area contributed by atoms with Crippen molar-refractivity contribution in [3.8, 4) is 0 Å². The Hall–Kier alpha value is -1.42. The van der Waals surface area contributed by atoms with Crippen molar-refractivity contribution < 1.29 is 0 Å². The average Bonchev–Trinajstić information content (AvgIpc) is 3.05. The molecule has 1 saturated heterocycles. The van der Waals surface area contributed by atoms with Crippen molar-refractivity contribution in [3.05, 3.63) is 30.2 Å². The van der Waals surface area contributed by atoms with Gasteiger partial charge in [0.15, 0.2) is 17.4 Å². The summed E-state index contributed by atoms with van der Waals surface area (Å²) in [5.41, 5.74) is 0.857. The molecule has 2 N–H and O–H groups in total. The summed E-state index contributed by atoms with van der Waals surface area (Å²) in [4.78, 5) is 6.88. The Kier molecular flexibility index (Phi) is 8.08. The smallest absolute Gasteiger partial charge is 0.191 e. The molecule has 2 aromatic rings. The lowest BCUT2D eigenvalue weighted by molar-refractivity contribution is 0.147. The summed E-state index contributed by atoms with van der Waals surface area (Å²) in [6, 6.07) is 6.39. The molecule has 1 atom stereocenters. The van der Waals surface area contributed by atoms with E-state index in [-0.39, 0.29) is 24.0 Å². The maximum atomic E-state index is 4.32. The molecular formula is C18H30IN7. The zero-order chi connectivity index (χ0) is 17.6. The average molecular weight is 471 g/mol. The highest BCUT2D eigenvalue weighted by Gasteiger charge is 2.20. The Morgan fingerprint density at radius 2 is 2.04 bits per heavy atom. The normalized spacial score (nSPS) is 17.7. The molecule has 8 heteroatoms. The Balaban J connectivity index is 0.00000243. The van der Waals surface area contributed by atoms with Crippen LogP contribution < -0.4 is 10.6 Å². The molecule has 0 amide bonds. The molecule has 0 saturated carbocycles. The Morgan fingerprint density at radius 3 is 2.77 bits per heavy atom. The molecule has 144 valence electrons. The third kappa shape index (κ3) is 5.29. The maximum Gasteiger partial charge on any atom is 0.191 e. The fourth-order valence-electron chi connectivity index (χ4n) is 3.24. The summed E-state index contributed by atoms with van der Waals surface area (Å²) < 4.78 is 1.98. The SMILES string of the molecule is CN=C(NCc1nnc2ccccn12)NCC(C)N1CCC(C)CC1.I. The van der Waals surface area contributed by atoms with Gasteiger partial charge in [-0.25, -0.2) is 0 Å². The van der Waals surface area contributed by atoms with Gasteiger partial charge in [-0.1, -0.05) is 13.0 Å². The van der Waals surface area contributed by atoms with Crippen LogP contribution >= 0.6 is 24.0 Å². The minimum atomic E-state index is 0. The van der Waals surface area contributed by atoms with Crippen LogP contribution in [-0.4, -0.2) is 58.2 Å². The molecule has 1 aliphatic rings. The van der Waals surface area contributed by atoms with E-state index in [9.17, 15) is 0 Å². The molecule has 0 aromatic carbocycles. The molecule has 0 radical (unpaired) electrons. The molecule has 7 nitrogen and oxygen atoms in total. The number of hydrogen-bond acceptors (Lipinski definition) is 4. The van der Waals surface area contributed by atoms with Crippen molar-refractivity contribution in [2.45, 2.75) is 39.3 Å². The third-order valence-corrected chi connectivity index (χ3v) is 5.03. The van der Waals surface area contributed by atoms with Crippen LogP contribution in [0.5, 0.6) is 0 Å². The highest BCUT2D eigenvalue weighted by Crippen LogP contribution is 2.17. The summed E-state index contributed by atoms with van der Waals surface area (Å²) in [5, 5.41) is 15.2. The summed E-state index contributed by atoms with van der Waals surface area (Å²) in [6.45, 7) is 8.49. The van der Waals surface area contributed by atoms with E-state index in [0.717, 1.165) is 29.9 Å². The number of pyridine rings is 1. The molecule has 3 rings (SSSR count). The van der Waals surface area contributed by atoms with Crippen molar-refractivity contribution >= 4 is 35.6 Å². The van der Waals surface area contributed by atoms with Gasteiger partial charge in [0.05, 0.1) is 6.54 Å². The van der Waals surface area contributed by atoms with E-state index in [1.807, 2.05) is 28.8 Å². The first-order valence-corrected chi connectivity index (χ1v) is 9.14. The highest BCUT2D eigenvalue weighted by atomic mass is 127. The van der Waals surface area contributed by atoms with E-state index in [4.69, 9.17) is 0 Å². The quantitative estimate of drug-likeness (QED) is 0.398. The van der Waals surface area contributed by atoms with Crippen molar-refractivity contribution in [1.29, 1.82) is 0 Å². The monoisotopic (exact) mass is 471 g/mol. The van der Waals surface area contributed by atoms with Crippen molar-refractivity contribution in [2.75, 3.05) is 26.7 Å². The Bertz CT molecular complexity index is 706. The number of fused-ring (bicyclic) bond motifs is 1. The predicted molar refractivity (Wildman–Crippen MR) is 116 cm³/mol. The number of nitrogens with one attached hydrogen (secondary N) is 2. The molecule has 0 bridgehead atoms. The number of piperidine rings is 1.